The first kappa shape index (κ1) is 13.1. The van der Waals surface area contributed by atoms with Gasteiger partial charge in [-0.1, -0.05) is 22.9 Å². The Balaban J connectivity index is 2.19. The Kier molecular flexibility index (Phi) is 4.25. The zero-order valence-corrected chi connectivity index (χ0v) is 11.8. The molecule has 4 nitrogen and oxygen atoms in total. The van der Waals surface area contributed by atoms with Crippen molar-refractivity contribution in [2.75, 3.05) is 31.6 Å². The predicted molar refractivity (Wildman–Crippen MR) is 72.0 cm³/mol. The van der Waals surface area contributed by atoms with Crippen molar-refractivity contribution < 1.29 is 5.11 Å². The van der Waals surface area contributed by atoms with E-state index in [9.17, 15) is 0 Å². The van der Waals surface area contributed by atoms with Crippen molar-refractivity contribution in [1.29, 1.82) is 0 Å². The Bertz CT molecular complexity index is 385. The van der Waals surface area contributed by atoms with Crippen LogP contribution in [0, 0.1) is 0 Å². The lowest BCUT2D eigenvalue weighted by molar-refractivity contribution is 0.285. The first-order valence-corrected chi connectivity index (χ1v) is 7.02. The SMILES string of the molecule is CC1CN(C)CCCN1c1nc(Cl)c(CO)s1. The number of thiazole rings is 1. The molecule has 0 aliphatic carbocycles. The molecule has 0 amide bonds. The second-order valence-electron chi connectivity index (χ2n) is 4.53. The third-order valence-corrected chi connectivity index (χ3v) is 4.58. The van der Waals surface area contributed by atoms with Crippen molar-refractivity contribution >= 4 is 28.1 Å². The highest BCUT2D eigenvalue weighted by Crippen LogP contribution is 2.31. The molecule has 1 aliphatic heterocycles. The van der Waals surface area contributed by atoms with E-state index >= 15 is 0 Å². The van der Waals surface area contributed by atoms with E-state index in [1.54, 1.807) is 0 Å². The number of aliphatic hydroxyl groups is 1. The van der Waals surface area contributed by atoms with Crippen LogP contribution in [-0.4, -0.2) is 47.7 Å². The minimum Gasteiger partial charge on any atom is -0.391 e. The summed E-state index contributed by atoms with van der Waals surface area (Å²) in [5, 5.41) is 10.5. The van der Waals surface area contributed by atoms with Gasteiger partial charge in [-0.3, -0.25) is 0 Å². The number of hydrogen-bond acceptors (Lipinski definition) is 5. The van der Waals surface area contributed by atoms with Gasteiger partial charge in [-0.25, -0.2) is 4.98 Å². The monoisotopic (exact) mass is 275 g/mol. The van der Waals surface area contributed by atoms with Crippen LogP contribution in [0.15, 0.2) is 0 Å². The van der Waals surface area contributed by atoms with Gasteiger partial charge in [0.15, 0.2) is 5.13 Å². The highest BCUT2D eigenvalue weighted by molar-refractivity contribution is 7.16. The topological polar surface area (TPSA) is 39.6 Å². The smallest absolute Gasteiger partial charge is 0.187 e. The first-order chi connectivity index (χ1) is 8.11. The van der Waals surface area contributed by atoms with E-state index < -0.39 is 0 Å². The van der Waals surface area contributed by atoms with Gasteiger partial charge in [-0.2, -0.15) is 0 Å². The van der Waals surface area contributed by atoms with Crippen molar-refractivity contribution in [2.45, 2.75) is 26.0 Å². The van der Waals surface area contributed by atoms with Gasteiger partial charge in [0, 0.05) is 19.1 Å². The molecule has 6 heteroatoms. The van der Waals surface area contributed by atoms with Gasteiger partial charge in [-0.15, -0.1) is 0 Å². The number of halogens is 1. The minimum absolute atomic E-state index is 0.0291. The van der Waals surface area contributed by atoms with Crippen molar-refractivity contribution in [3.05, 3.63) is 10.0 Å². The maximum Gasteiger partial charge on any atom is 0.187 e. The van der Waals surface area contributed by atoms with Crippen LogP contribution in [-0.2, 0) is 6.61 Å². The molecular weight excluding hydrogens is 258 g/mol. The Labute approximate surface area is 111 Å². The highest BCUT2D eigenvalue weighted by atomic mass is 35.5. The van der Waals surface area contributed by atoms with Gasteiger partial charge in [0.1, 0.15) is 5.15 Å². The van der Waals surface area contributed by atoms with Gasteiger partial charge in [-0.05, 0) is 26.9 Å². The lowest BCUT2D eigenvalue weighted by atomic mass is 10.3. The van der Waals surface area contributed by atoms with Gasteiger partial charge >= 0.3 is 0 Å². The fraction of sp³-hybridized carbons (Fsp3) is 0.727. The molecule has 96 valence electrons. The maximum absolute atomic E-state index is 9.15. The first-order valence-electron chi connectivity index (χ1n) is 5.83. The molecule has 0 spiro atoms. The summed E-state index contributed by atoms with van der Waals surface area (Å²) in [5.74, 6) is 0. The zero-order valence-electron chi connectivity index (χ0n) is 10.2. The van der Waals surface area contributed by atoms with Gasteiger partial charge in [0.2, 0.25) is 0 Å². The standard InChI is InChI=1S/C11H18ClN3OS/c1-8-6-14(2)4-3-5-15(8)11-13-10(12)9(7-16)17-11/h8,16H,3-7H2,1-2H3. The number of rotatable bonds is 2. The quantitative estimate of drug-likeness (QED) is 0.894. The summed E-state index contributed by atoms with van der Waals surface area (Å²) in [5.41, 5.74) is 0. The minimum atomic E-state index is -0.0291. The second-order valence-corrected chi connectivity index (χ2v) is 5.95. The third kappa shape index (κ3) is 2.91. The van der Waals surface area contributed by atoms with Crippen molar-refractivity contribution in [3.8, 4) is 0 Å². The van der Waals surface area contributed by atoms with Crippen LogP contribution < -0.4 is 4.90 Å². The largest absolute Gasteiger partial charge is 0.391 e. The number of anilines is 1. The number of likely N-dealkylation sites (N-methyl/N-ethyl adjacent to an activating group) is 1. The lowest BCUT2D eigenvalue weighted by Gasteiger charge is -2.27. The molecule has 1 N–H and O–H groups in total. The molecule has 1 aromatic rings. The Hall–Kier alpha value is -0.360. The summed E-state index contributed by atoms with van der Waals surface area (Å²) in [6, 6.07) is 0.427. The van der Waals surface area contributed by atoms with Crippen LogP contribution in [0.2, 0.25) is 5.15 Å². The molecule has 0 bridgehead atoms. The molecule has 0 saturated carbocycles. The Morgan fingerprint density at radius 2 is 2.29 bits per heavy atom. The van der Waals surface area contributed by atoms with E-state index in [0.717, 1.165) is 36.1 Å². The second kappa shape index (κ2) is 5.52. The fourth-order valence-corrected chi connectivity index (χ4v) is 3.44. The molecule has 17 heavy (non-hydrogen) atoms. The number of nitrogens with zero attached hydrogens (tertiary/aromatic N) is 3. The molecule has 2 heterocycles. The molecule has 1 atom stereocenters. The van der Waals surface area contributed by atoms with Crippen LogP contribution >= 0.6 is 22.9 Å². The Morgan fingerprint density at radius 3 is 2.94 bits per heavy atom. The molecule has 1 fully saturated rings. The number of hydrogen-bond donors (Lipinski definition) is 1. The summed E-state index contributed by atoms with van der Waals surface area (Å²) in [6.07, 6.45) is 1.13. The zero-order chi connectivity index (χ0) is 12.4. The van der Waals surface area contributed by atoms with Crippen LogP contribution in [0.1, 0.15) is 18.2 Å². The van der Waals surface area contributed by atoms with Crippen molar-refractivity contribution in [3.63, 3.8) is 0 Å². The molecule has 1 saturated heterocycles. The summed E-state index contributed by atoms with van der Waals surface area (Å²) >= 11 is 7.48. The summed E-state index contributed by atoms with van der Waals surface area (Å²) < 4.78 is 0. The third-order valence-electron chi connectivity index (χ3n) is 3.07. The number of aliphatic hydroxyl groups excluding tert-OH is 1. The van der Waals surface area contributed by atoms with E-state index in [0.29, 0.717) is 11.2 Å². The highest BCUT2D eigenvalue weighted by Gasteiger charge is 2.23. The van der Waals surface area contributed by atoms with Crippen LogP contribution in [0.5, 0.6) is 0 Å². The number of aromatic nitrogens is 1. The summed E-state index contributed by atoms with van der Waals surface area (Å²) in [7, 11) is 2.15. The Morgan fingerprint density at radius 1 is 1.53 bits per heavy atom. The van der Waals surface area contributed by atoms with E-state index in [1.165, 1.54) is 11.3 Å². The molecular formula is C11H18ClN3OS. The predicted octanol–water partition coefficient (Wildman–Crippen LogP) is 1.82. The summed E-state index contributed by atoms with van der Waals surface area (Å²) in [4.78, 5) is 9.74. The molecule has 0 radical (unpaired) electrons. The molecule has 1 unspecified atom stereocenters. The molecule has 1 aliphatic rings. The normalized spacial score (nSPS) is 22.8. The van der Waals surface area contributed by atoms with Crippen molar-refractivity contribution in [1.82, 2.24) is 9.88 Å². The van der Waals surface area contributed by atoms with Crippen molar-refractivity contribution in [2.24, 2.45) is 0 Å². The molecule has 0 aromatic carbocycles. The van der Waals surface area contributed by atoms with E-state index in [4.69, 9.17) is 16.7 Å². The van der Waals surface area contributed by atoms with Crippen LogP contribution in [0.3, 0.4) is 0 Å². The van der Waals surface area contributed by atoms with E-state index in [2.05, 4.69) is 28.8 Å². The van der Waals surface area contributed by atoms with Gasteiger partial charge in [0.05, 0.1) is 11.5 Å². The fourth-order valence-electron chi connectivity index (χ4n) is 2.20. The molecule has 2 rings (SSSR count). The van der Waals surface area contributed by atoms with Crippen LogP contribution in [0.4, 0.5) is 5.13 Å². The van der Waals surface area contributed by atoms with E-state index in [1.807, 2.05) is 0 Å². The average molecular weight is 276 g/mol. The lowest BCUT2D eigenvalue weighted by Crippen LogP contribution is -2.37. The maximum atomic E-state index is 9.15. The van der Waals surface area contributed by atoms with Gasteiger partial charge in [0.25, 0.3) is 0 Å². The van der Waals surface area contributed by atoms with Gasteiger partial charge < -0.3 is 14.9 Å². The van der Waals surface area contributed by atoms with Crippen LogP contribution in [0.25, 0.3) is 0 Å². The molecule has 1 aromatic heterocycles. The van der Waals surface area contributed by atoms with E-state index in [-0.39, 0.29) is 6.61 Å². The average Bonchev–Trinajstić information content (AvgIpc) is 2.56. The summed E-state index contributed by atoms with van der Waals surface area (Å²) in [6.45, 7) is 5.33.